The highest BCUT2D eigenvalue weighted by atomic mass is 19.4. The number of alkyl halides is 3. The summed E-state index contributed by atoms with van der Waals surface area (Å²) in [6.45, 7) is 4.25. The van der Waals surface area contributed by atoms with Crippen molar-refractivity contribution in [1.82, 2.24) is 15.3 Å². The first-order valence-corrected chi connectivity index (χ1v) is 5.94. The number of rotatable bonds is 6. The van der Waals surface area contributed by atoms with Gasteiger partial charge in [-0.3, -0.25) is 9.97 Å². The Morgan fingerprint density at radius 3 is 2.56 bits per heavy atom. The van der Waals surface area contributed by atoms with Crippen LogP contribution in [0, 0.1) is 6.92 Å². The second kappa shape index (κ2) is 6.68. The molecular weight excluding hydrogens is 243 g/mol. The molecular formula is C12H18F3N3. The number of halogens is 3. The first-order chi connectivity index (χ1) is 8.37. The van der Waals surface area contributed by atoms with E-state index in [1.54, 1.807) is 12.4 Å². The van der Waals surface area contributed by atoms with Crippen molar-refractivity contribution in [2.75, 3.05) is 0 Å². The summed E-state index contributed by atoms with van der Waals surface area (Å²) in [6.07, 6.45) is -0.780. The van der Waals surface area contributed by atoms with E-state index in [-0.39, 0.29) is 12.5 Å². The lowest BCUT2D eigenvalue weighted by atomic mass is 10.1. The Hall–Kier alpha value is -1.17. The number of hydrogen-bond donors (Lipinski definition) is 1. The van der Waals surface area contributed by atoms with Gasteiger partial charge in [-0.1, -0.05) is 0 Å². The highest BCUT2D eigenvalue weighted by Crippen LogP contribution is 2.22. The minimum atomic E-state index is -4.05. The van der Waals surface area contributed by atoms with Gasteiger partial charge in [0.15, 0.2) is 0 Å². The van der Waals surface area contributed by atoms with Crippen LogP contribution >= 0.6 is 0 Å². The Labute approximate surface area is 105 Å². The maximum Gasteiger partial charge on any atom is 0.389 e. The molecule has 0 bridgehead atoms. The van der Waals surface area contributed by atoms with Crippen molar-refractivity contribution in [3.8, 4) is 0 Å². The Morgan fingerprint density at radius 2 is 2.00 bits per heavy atom. The summed E-state index contributed by atoms with van der Waals surface area (Å²) in [5.41, 5.74) is 1.64. The number of nitrogens with zero attached hydrogens (tertiary/aromatic N) is 2. The van der Waals surface area contributed by atoms with Crippen LogP contribution in [0.15, 0.2) is 12.4 Å². The molecule has 102 valence electrons. The van der Waals surface area contributed by atoms with Crippen molar-refractivity contribution in [3.05, 3.63) is 23.8 Å². The fourth-order valence-corrected chi connectivity index (χ4v) is 1.50. The number of hydrogen-bond acceptors (Lipinski definition) is 3. The summed E-state index contributed by atoms with van der Waals surface area (Å²) in [4.78, 5) is 8.27. The minimum Gasteiger partial charge on any atom is -0.309 e. The molecule has 18 heavy (non-hydrogen) atoms. The molecule has 6 heteroatoms. The van der Waals surface area contributed by atoms with Gasteiger partial charge in [-0.2, -0.15) is 13.2 Å². The van der Waals surface area contributed by atoms with Crippen molar-refractivity contribution in [2.45, 2.75) is 51.9 Å². The third kappa shape index (κ3) is 6.54. The minimum absolute atomic E-state index is 0.0375. The van der Waals surface area contributed by atoms with E-state index < -0.39 is 12.6 Å². The third-order valence-corrected chi connectivity index (χ3v) is 2.56. The highest BCUT2D eigenvalue weighted by Gasteiger charge is 2.26. The zero-order valence-corrected chi connectivity index (χ0v) is 10.6. The molecule has 1 aromatic heterocycles. The summed E-state index contributed by atoms with van der Waals surface area (Å²) in [7, 11) is 0. The molecule has 0 aliphatic rings. The van der Waals surface area contributed by atoms with Crippen LogP contribution in [0.4, 0.5) is 13.2 Å². The number of nitrogens with one attached hydrogen (secondary N) is 1. The second-order valence-corrected chi connectivity index (χ2v) is 4.44. The van der Waals surface area contributed by atoms with Gasteiger partial charge in [0.2, 0.25) is 0 Å². The van der Waals surface area contributed by atoms with Crippen LogP contribution in [0.25, 0.3) is 0 Å². The molecule has 0 fully saturated rings. The molecule has 1 N–H and O–H groups in total. The first kappa shape index (κ1) is 14.9. The van der Waals surface area contributed by atoms with E-state index in [2.05, 4.69) is 15.3 Å². The van der Waals surface area contributed by atoms with E-state index in [0.717, 1.165) is 11.4 Å². The molecule has 0 spiro atoms. The summed E-state index contributed by atoms with van der Waals surface area (Å²) in [5, 5.41) is 3.13. The van der Waals surface area contributed by atoms with Gasteiger partial charge in [-0.05, 0) is 26.7 Å². The van der Waals surface area contributed by atoms with Crippen LogP contribution in [-0.2, 0) is 6.54 Å². The maximum atomic E-state index is 12.0. The monoisotopic (exact) mass is 261 g/mol. The van der Waals surface area contributed by atoms with Crippen molar-refractivity contribution in [1.29, 1.82) is 0 Å². The van der Waals surface area contributed by atoms with Crippen molar-refractivity contribution in [3.63, 3.8) is 0 Å². The fraction of sp³-hybridized carbons (Fsp3) is 0.667. The van der Waals surface area contributed by atoms with Crippen molar-refractivity contribution >= 4 is 0 Å². The molecule has 0 aliphatic carbocycles. The van der Waals surface area contributed by atoms with Gasteiger partial charge in [0.05, 0.1) is 11.4 Å². The maximum absolute atomic E-state index is 12.0. The topological polar surface area (TPSA) is 37.8 Å². The normalized spacial score (nSPS) is 13.6. The van der Waals surface area contributed by atoms with Gasteiger partial charge < -0.3 is 5.32 Å². The van der Waals surface area contributed by atoms with E-state index in [1.165, 1.54) is 0 Å². The zero-order valence-electron chi connectivity index (χ0n) is 10.6. The van der Waals surface area contributed by atoms with Crippen LogP contribution in [0.2, 0.25) is 0 Å². The fourth-order valence-electron chi connectivity index (χ4n) is 1.50. The van der Waals surface area contributed by atoms with Crippen LogP contribution in [-0.4, -0.2) is 22.2 Å². The molecule has 1 aromatic rings. The van der Waals surface area contributed by atoms with Gasteiger partial charge in [0, 0.05) is 31.4 Å². The lowest BCUT2D eigenvalue weighted by Gasteiger charge is -2.14. The highest BCUT2D eigenvalue weighted by molar-refractivity contribution is 5.00. The van der Waals surface area contributed by atoms with Gasteiger partial charge in [-0.15, -0.1) is 0 Å². The van der Waals surface area contributed by atoms with Crippen LogP contribution in [0.5, 0.6) is 0 Å². The number of aryl methyl sites for hydroxylation is 1. The zero-order chi connectivity index (χ0) is 13.6. The molecule has 3 nitrogen and oxygen atoms in total. The van der Waals surface area contributed by atoms with Crippen molar-refractivity contribution in [2.24, 2.45) is 0 Å². The summed E-state index contributed by atoms with van der Waals surface area (Å²) >= 11 is 0. The van der Waals surface area contributed by atoms with E-state index in [0.29, 0.717) is 13.0 Å². The molecule has 0 amide bonds. The number of aromatic nitrogens is 2. The quantitative estimate of drug-likeness (QED) is 0.855. The van der Waals surface area contributed by atoms with Gasteiger partial charge >= 0.3 is 6.18 Å². The first-order valence-electron chi connectivity index (χ1n) is 5.94. The van der Waals surface area contributed by atoms with Crippen molar-refractivity contribution < 1.29 is 13.2 Å². The summed E-state index contributed by atoms with van der Waals surface area (Å²) in [5.74, 6) is 0. The van der Waals surface area contributed by atoms with Gasteiger partial charge in [0.1, 0.15) is 0 Å². The average molecular weight is 261 g/mol. The van der Waals surface area contributed by atoms with Gasteiger partial charge in [-0.25, -0.2) is 0 Å². The van der Waals surface area contributed by atoms with Gasteiger partial charge in [0.25, 0.3) is 0 Å². The Bertz CT molecular complexity index is 349. The smallest absolute Gasteiger partial charge is 0.309 e. The predicted molar refractivity (Wildman–Crippen MR) is 63.0 cm³/mol. The van der Waals surface area contributed by atoms with Crippen LogP contribution < -0.4 is 5.32 Å². The molecule has 1 unspecified atom stereocenters. The standard InChI is InChI=1S/C12H18F3N3/c1-9(4-3-5-12(13,14)15)16-7-11-8-17-10(2)6-18-11/h6,8-9,16H,3-5,7H2,1-2H3. The largest absolute Gasteiger partial charge is 0.389 e. The molecule has 0 radical (unpaired) electrons. The molecule has 1 heterocycles. The SMILES string of the molecule is Cc1cnc(CNC(C)CCCC(F)(F)F)cn1. The molecule has 1 rings (SSSR count). The molecule has 0 aliphatic heterocycles. The summed E-state index contributed by atoms with van der Waals surface area (Å²) < 4.78 is 35.9. The molecule has 0 aromatic carbocycles. The molecule has 0 saturated heterocycles. The predicted octanol–water partition coefficient (Wildman–Crippen LogP) is 3.00. The molecule has 0 saturated carbocycles. The Balaban J connectivity index is 2.21. The lowest BCUT2D eigenvalue weighted by molar-refractivity contribution is -0.135. The van der Waals surface area contributed by atoms with E-state index in [9.17, 15) is 13.2 Å². The van der Waals surface area contributed by atoms with Crippen LogP contribution in [0.3, 0.4) is 0 Å². The Morgan fingerprint density at radius 1 is 1.28 bits per heavy atom. The third-order valence-electron chi connectivity index (χ3n) is 2.56. The lowest BCUT2D eigenvalue weighted by Crippen LogP contribution is -2.26. The van der Waals surface area contributed by atoms with E-state index >= 15 is 0 Å². The molecule has 1 atom stereocenters. The van der Waals surface area contributed by atoms with Crippen LogP contribution in [0.1, 0.15) is 37.6 Å². The average Bonchev–Trinajstić information content (AvgIpc) is 2.26. The second-order valence-electron chi connectivity index (χ2n) is 4.44. The summed E-state index contributed by atoms with van der Waals surface area (Å²) in [6, 6.07) is 0.0375. The van der Waals surface area contributed by atoms with E-state index in [4.69, 9.17) is 0 Å². The van der Waals surface area contributed by atoms with E-state index in [1.807, 2.05) is 13.8 Å². The Kier molecular flexibility index (Phi) is 5.53.